The molecule has 2 aromatic carbocycles. The lowest BCUT2D eigenvalue weighted by Crippen LogP contribution is -2.31. The fourth-order valence-corrected chi connectivity index (χ4v) is 3.71. The van der Waals surface area contributed by atoms with Crippen molar-refractivity contribution < 1.29 is 26.7 Å². The van der Waals surface area contributed by atoms with Crippen LogP contribution in [0.2, 0.25) is 0 Å². The molecule has 0 amide bonds. The van der Waals surface area contributed by atoms with E-state index in [9.17, 15) is 22.0 Å². The summed E-state index contributed by atoms with van der Waals surface area (Å²) in [4.78, 5) is 10.8. The Balaban J connectivity index is 0.00000380. The van der Waals surface area contributed by atoms with Crippen molar-refractivity contribution >= 4 is 34.8 Å². The number of alkyl halides is 3. The highest BCUT2D eigenvalue weighted by atomic mass is 35.5. The van der Waals surface area contributed by atoms with Crippen LogP contribution >= 0.6 is 12.4 Å². The van der Waals surface area contributed by atoms with Crippen LogP contribution in [0.3, 0.4) is 0 Å². The third-order valence-corrected chi connectivity index (χ3v) is 5.41. The van der Waals surface area contributed by atoms with Crippen molar-refractivity contribution in [3.05, 3.63) is 60.6 Å². The van der Waals surface area contributed by atoms with Crippen LogP contribution in [-0.4, -0.2) is 52.7 Å². The van der Waals surface area contributed by atoms with E-state index in [1.54, 1.807) is 53.4 Å². The molecule has 0 unspecified atom stereocenters. The summed E-state index contributed by atoms with van der Waals surface area (Å²) in [5.41, 5.74) is 3.38. The maximum Gasteiger partial charge on any atom is 0.401 e. The maximum absolute atomic E-state index is 14.3. The normalized spacial score (nSPS) is 11.4. The SMILES string of the molecule is COc1cc(N(CCCNCC(F)(F)F)c2ccc3ncc(-c4cnn(C)c4)nc3c2)cc(F)c1F.Cl. The highest BCUT2D eigenvalue weighted by molar-refractivity contribution is 5.85. The van der Waals surface area contributed by atoms with Gasteiger partial charge in [-0.15, -0.1) is 12.4 Å². The van der Waals surface area contributed by atoms with Crippen LogP contribution in [0.1, 0.15) is 6.42 Å². The average Bonchev–Trinajstić information content (AvgIpc) is 3.28. The van der Waals surface area contributed by atoms with Crippen molar-refractivity contribution in [2.75, 3.05) is 31.6 Å². The topological polar surface area (TPSA) is 68.1 Å². The Morgan fingerprint density at radius 1 is 1.05 bits per heavy atom. The molecule has 7 nitrogen and oxygen atoms in total. The lowest BCUT2D eigenvalue weighted by Gasteiger charge is -2.26. The van der Waals surface area contributed by atoms with E-state index < -0.39 is 24.4 Å². The number of rotatable bonds is 9. The molecule has 0 aliphatic rings. The number of benzene rings is 2. The maximum atomic E-state index is 14.3. The lowest BCUT2D eigenvalue weighted by atomic mass is 10.1. The Morgan fingerprint density at radius 2 is 1.84 bits per heavy atom. The zero-order valence-electron chi connectivity index (χ0n) is 19.9. The van der Waals surface area contributed by atoms with Crippen LogP contribution in [0.5, 0.6) is 5.75 Å². The number of hydrogen-bond acceptors (Lipinski definition) is 6. The summed E-state index contributed by atoms with van der Waals surface area (Å²) in [6, 6.07) is 7.56. The van der Waals surface area contributed by atoms with Gasteiger partial charge < -0.3 is 15.0 Å². The Bertz CT molecular complexity index is 1360. The third kappa shape index (κ3) is 6.83. The summed E-state index contributed by atoms with van der Waals surface area (Å²) in [5, 5.41) is 6.48. The molecule has 0 spiro atoms. The second-order valence-electron chi connectivity index (χ2n) is 8.07. The second kappa shape index (κ2) is 11.7. The van der Waals surface area contributed by atoms with Crippen LogP contribution in [0.25, 0.3) is 22.3 Å². The number of hydrogen-bond donors (Lipinski definition) is 1. The predicted octanol–water partition coefficient (Wildman–Crippen LogP) is 5.42. The number of anilines is 2. The molecule has 0 aliphatic heterocycles. The molecule has 1 N–H and O–H groups in total. The van der Waals surface area contributed by atoms with E-state index in [0.717, 1.165) is 11.6 Å². The monoisotopic (exact) mass is 542 g/mol. The number of methoxy groups -OCH3 is 1. The summed E-state index contributed by atoms with van der Waals surface area (Å²) in [6.45, 7) is -0.843. The molecule has 2 aromatic heterocycles. The fraction of sp³-hybridized carbons (Fsp3) is 0.292. The van der Waals surface area contributed by atoms with Crippen molar-refractivity contribution in [1.82, 2.24) is 25.1 Å². The Labute approximate surface area is 215 Å². The van der Waals surface area contributed by atoms with Gasteiger partial charge in [-0.25, -0.2) is 9.37 Å². The Hall–Kier alpha value is -3.51. The van der Waals surface area contributed by atoms with E-state index in [0.29, 0.717) is 22.4 Å². The molecule has 0 saturated heterocycles. The van der Waals surface area contributed by atoms with E-state index in [2.05, 4.69) is 20.4 Å². The fourth-order valence-electron chi connectivity index (χ4n) is 3.71. The van der Waals surface area contributed by atoms with Gasteiger partial charge in [0.15, 0.2) is 11.6 Å². The average molecular weight is 543 g/mol. The minimum absolute atomic E-state index is 0. The quantitative estimate of drug-likeness (QED) is 0.225. The molecule has 37 heavy (non-hydrogen) atoms. The van der Waals surface area contributed by atoms with Gasteiger partial charge in [0.25, 0.3) is 0 Å². The molecule has 0 bridgehead atoms. The molecule has 0 atom stereocenters. The van der Waals surface area contributed by atoms with E-state index in [4.69, 9.17) is 4.74 Å². The van der Waals surface area contributed by atoms with E-state index >= 15 is 0 Å². The van der Waals surface area contributed by atoms with Crippen molar-refractivity contribution in [2.24, 2.45) is 7.05 Å². The number of ether oxygens (including phenoxy) is 1. The van der Waals surface area contributed by atoms with Gasteiger partial charge in [0.05, 0.1) is 42.8 Å². The van der Waals surface area contributed by atoms with Gasteiger partial charge in [-0.2, -0.15) is 22.7 Å². The second-order valence-corrected chi connectivity index (χ2v) is 8.07. The molecule has 4 rings (SSSR count). The molecule has 0 aliphatic carbocycles. The molecular weight excluding hydrogens is 519 g/mol. The Kier molecular flexibility index (Phi) is 8.87. The third-order valence-electron chi connectivity index (χ3n) is 5.41. The first-order valence-corrected chi connectivity index (χ1v) is 11.0. The number of nitrogens with one attached hydrogen (secondary N) is 1. The molecule has 0 radical (unpaired) electrons. The van der Waals surface area contributed by atoms with Gasteiger partial charge >= 0.3 is 6.18 Å². The van der Waals surface area contributed by atoms with Gasteiger partial charge in [-0.1, -0.05) is 0 Å². The molecule has 2 heterocycles. The number of aryl methyl sites for hydroxylation is 1. The van der Waals surface area contributed by atoms with Gasteiger partial charge in [-0.3, -0.25) is 9.67 Å². The van der Waals surface area contributed by atoms with Crippen molar-refractivity contribution in [2.45, 2.75) is 12.6 Å². The number of halogens is 6. The highest BCUT2D eigenvalue weighted by Crippen LogP contribution is 2.33. The van der Waals surface area contributed by atoms with Crippen LogP contribution in [-0.2, 0) is 7.05 Å². The molecule has 0 saturated carbocycles. The van der Waals surface area contributed by atoms with Crippen LogP contribution in [0.15, 0.2) is 48.9 Å². The molecular formula is C24H24ClF5N6O. The molecule has 198 valence electrons. The van der Waals surface area contributed by atoms with Crippen molar-refractivity contribution in [3.63, 3.8) is 0 Å². The van der Waals surface area contributed by atoms with Crippen LogP contribution in [0, 0.1) is 11.6 Å². The summed E-state index contributed by atoms with van der Waals surface area (Å²) < 4.78 is 72.4. The van der Waals surface area contributed by atoms with Gasteiger partial charge in [0.2, 0.25) is 5.82 Å². The molecule has 13 heteroatoms. The molecule has 0 fully saturated rings. The van der Waals surface area contributed by atoms with E-state index in [1.807, 2.05) is 0 Å². The first kappa shape index (κ1) is 28.1. The van der Waals surface area contributed by atoms with E-state index in [-0.39, 0.29) is 43.4 Å². The van der Waals surface area contributed by atoms with Gasteiger partial charge in [-0.05, 0) is 31.2 Å². The number of aromatic nitrogens is 4. The first-order valence-electron chi connectivity index (χ1n) is 11.0. The summed E-state index contributed by atoms with van der Waals surface area (Å²) in [6.07, 6.45) is 1.05. The standard InChI is InChI=1S/C24H23F5N6O.ClH/c1-34-13-15(11-32-34)21-12-31-19-5-4-16(9-20(19)33-21)35(7-3-6-30-14-24(27,28)29)17-8-18(25)23(26)22(10-17)36-2;/h4-5,8-13,30H,3,6-7,14H2,1-2H3;1H. The van der Waals surface area contributed by atoms with Crippen LogP contribution in [0.4, 0.5) is 33.3 Å². The highest BCUT2D eigenvalue weighted by Gasteiger charge is 2.26. The van der Waals surface area contributed by atoms with Crippen LogP contribution < -0.4 is 15.0 Å². The lowest BCUT2D eigenvalue weighted by molar-refractivity contribution is -0.124. The van der Waals surface area contributed by atoms with E-state index in [1.165, 1.54) is 13.2 Å². The van der Waals surface area contributed by atoms with Crippen molar-refractivity contribution in [3.8, 4) is 17.0 Å². The van der Waals surface area contributed by atoms with Crippen molar-refractivity contribution in [1.29, 1.82) is 0 Å². The largest absolute Gasteiger partial charge is 0.493 e. The smallest absolute Gasteiger partial charge is 0.401 e. The predicted molar refractivity (Wildman–Crippen MR) is 132 cm³/mol. The summed E-state index contributed by atoms with van der Waals surface area (Å²) in [7, 11) is 3.01. The minimum atomic E-state index is -4.32. The van der Waals surface area contributed by atoms with Gasteiger partial charge in [0.1, 0.15) is 0 Å². The summed E-state index contributed by atoms with van der Waals surface area (Å²) >= 11 is 0. The number of fused-ring (bicyclic) bond motifs is 1. The number of nitrogens with zero attached hydrogens (tertiary/aromatic N) is 5. The summed E-state index contributed by atoms with van der Waals surface area (Å²) in [5.74, 6) is -2.52. The van der Waals surface area contributed by atoms with Gasteiger partial charge in [0, 0.05) is 48.9 Å². The Morgan fingerprint density at radius 3 is 2.51 bits per heavy atom. The first-order chi connectivity index (χ1) is 17.1. The molecule has 4 aromatic rings. The zero-order valence-corrected chi connectivity index (χ0v) is 20.7. The zero-order chi connectivity index (χ0) is 25.9. The minimum Gasteiger partial charge on any atom is -0.493 e.